The van der Waals surface area contributed by atoms with Gasteiger partial charge in [0, 0.05) is 59.7 Å². The van der Waals surface area contributed by atoms with E-state index in [9.17, 15) is 9.90 Å². The molecule has 3 aromatic carbocycles. The molecule has 247 valence electrons. The number of hydrogen-bond acceptors (Lipinski definition) is 6. The van der Waals surface area contributed by atoms with Gasteiger partial charge in [-0.1, -0.05) is 95.3 Å². The van der Waals surface area contributed by atoms with E-state index in [0.717, 1.165) is 75.1 Å². The van der Waals surface area contributed by atoms with Crippen LogP contribution in [-0.4, -0.2) is 25.8 Å². The van der Waals surface area contributed by atoms with Crippen LogP contribution >= 0.6 is 0 Å². The maximum Gasteiger partial charge on any atom is 0.216 e. The SMILES string of the molecule is CCC(C)(CC)C(=O)/C=C(\O)C(C)(CC)CC.Cc1ccc2c(ccc3c(-c4[c-]cc(C)c5c4oc4ncccc45)ncnc32)c1.[Ir]. The first kappa shape index (κ1) is 35.9. The van der Waals surface area contributed by atoms with E-state index < -0.39 is 0 Å². The molecule has 0 aliphatic carbocycles. The fraction of sp³-hybridized carbons (Fsp3) is 0.350. The number of hydrogen-bond donors (Lipinski definition) is 1. The largest absolute Gasteiger partial charge is 0.512 e. The van der Waals surface area contributed by atoms with Crippen molar-refractivity contribution in [1.82, 2.24) is 15.0 Å². The summed E-state index contributed by atoms with van der Waals surface area (Å²) in [6.45, 7) is 16.3. The Bertz CT molecular complexity index is 2090. The number of nitrogens with zero attached hydrogens (tertiary/aromatic N) is 3. The molecule has 0 amide bonds. The van der Waals surface area contributed by atoms with Gasteiger partial charge >= 0.3 is 0 Å². The minimum Gasteiger partial charge on any atom is -0.512 e. The number of furan rings is 1. The fourth-order valence-corrected chi connectivity index (χ4v) is 5.85. The van der Waals surface area contributed by atoms with Crippen LogP contribution in [0.1, 0.15) is 78.4 Å². The van der Waals surface area contributed by atoms with Crippen LogP contribution < -0.4 is 0 Å². The van der Waals surface area contributed by atoms with E-state index in [1.165, 1.54) is 17.0 Å². The van der Waals surface area contributed by atoms with Crippen molar-refractivity contribution in [3.05, 3.63) is 90.1 Å². The van der Waals surface area contributed by atoms with Gasteiger partial charge in [-0.15, -0.1) is 17.7 Å². The Morgan fingerprint density at radius 3 is 2.26 bits per heavy atom. The smallest absolute Gasteiger partial charge is 0.216 e. The number of ketones is 1. The van der Waals surface area contributed by atoms with Gasteiger partial charge in [0.2, 0.25) is 5.71 Å². The third-order valence-electron chi connectivity index (χ3n) is 10.1. The summed E-state index contributed by atoms with van der Waals surface area (Å²) in [6.07, 6.45) is 8.12. The van der Waals surface area contributed by atoms with E-state index in [4.69, 9.17) is 4.42 Å². The van der Waals surface area contributed by atoms with Gasteiger partial charge in [-0.3, -0.25) is 9.78 Å². The molecule has 0 atom stereocenters. The van der Waals surface area contributed by atoms with E-state index in [1.807, 2.05) is 59.7 Å². The Morgan fingerprint density at radius 1 is 0.894 bits per heavy atom. The maximum absolute atomic E-state index is 12.2. The van der Waals surface area contributed by atoms with Crippen LogP contribution in [0.3, 0.4) is 0 Å². The van der Waals surface area contributed by atoms with Crippen molar-refractivity contribution in [2.45, 2.75) is 81.1 Å². The summed E-state index contributed by atoms with van der Waals surface area (Å²) in [5.74, 6) is 0.286. The summed E-state index contributed by atoms with van der Waals surface area (Å²) in [7, 11) is 0. The number of rotatable bonds is 8. The molecule has 0 saturated carbocycles. The first-order chi connectivity index (χ1) is 22.0. The number of aliphatic hydroxyl groups is 1. The van der Waals surface area contributed by atoms with E-state index >= 15 is 0 Å². The Labute approximate surface area is 291 Å². The number of aliphatic hydroxyl groups excluding tert-OH is 1. The normalized spacial score (nSPS) is 12.3. The van der Waals surface area contributed by atoms with Crippen molar-refractivity contribution in [2.75, 3.05) is 0 Å². The van der Waals surface area contributed by atoms with E-state index in [1.54, 1.807) is 12.5 Å². The molecule has 0 spiro atoms. The van der Waals surface area contributed by atoms with Crippen LogP contribution in [-0.2, 0) is 24.9 Å². The van der Waals surface area contributed by atoms with Crippen LogP contribution in [0.5, 0.6) is 0 Å². The molecule has 0 saturated heterocycles. The molecule has 6 nitrogen and oxygen atoms in total. The second-order valence-electron chi connectivity index (χ2n) is 12.8. The van der Waals surface area contributed by atoms with E-state index in [-0.39, 0.29) is 42.5 Å². The standard InChI is InChI=1S/C25H16N3O.C15H28O2.Ir/c1-14-5-8-17-16(12-14)7-10-19-22(17)27-13-28-23(19)20-9-6-15(2)21-18-4-3-11-26-25(18)29-24(20)21;1-7-14(5,8-2)12(16)11-13(17)15(6,9-3)10-4;/h3-8,10-13H,1-2H3;11,16H,7-10H2,1-6H3;/q-1;;/b;12-11-;. The molecule has 0 bridgehead atoms. The maximum atomic E-state index is 12.2. The average molecular weight is 807 g/mol. The number of pyridine rings is 1. The molecule has 47 heavy (non-hydrogen) atoms. The Hall–Kier alpha value is -3.93. The number of carbonyl (C=O) groups excluding carboxylic acids is 1. The van der Waals surface area contributed by atoms with Gasteiger partial charge < -0.3 is 9.52 Å². The number of benzene rings is 3. The number of fused-ring (bicyclic) bond motifs is 6. The summed E-state index contributed by atoms with van der Waals surface area (Å²) in [4.78, 5) is 25.8. The second kappa shape index (κ2) is 14.5. The summed E-state index contributed by atoms with van der Waals surface area (Å²) >= 11 is 0. The first-order valence-corrected chi connectivity index (χ1v) is 16.3. The van der Waals surface area contributed by atoms with Crippen molar-refractivity contribution in [1.29, 1.82) is 0 Å². The molecule has 7 heteroatoms. The molecular weight excluding hydrogens is 763 g/mol. The van der Waals surface area contributed by atoms with Gasteiger partial charge in [0.15, 0.2) is 5.78 Å². The quantitative estimate of drug-likeness (QED) is 0.0713. The van der Waals surface area contributed by atoms with Gasteiger partial charge in [-0.05, 0) is 55.5 Å². The van der Waals surface area contributed by atoms with Gasteiger partial charge in [0.05, 0.1) is 11.1 Å². The molecule has 1 N–H and O–H groups in total. The van der Waals surface area contributed by atoms with Crippen LogP contribution in [0.25, 0.3) is 55.0 Å². The monoisotopic (exact) mass is 807 g/mol. The predicted molar refractivity (Wildman–Crippen MR) is 189 cm³/mol. The molecule has 3 aromatic heterocycles. The van der Waals surface area contributed by atoms with Gasteiger partial charge in [0.1, 0.15) is 12.1 Å². The van der Waals surface area contributed by atoms with Crippen molar-refractivity contribution in [3.63, 3.8) is 0 Å². The number of aromatic nitrogens is 3. The average Bonchev–Trinajstić information content (AvgIpc) is 3.48. The van der Waals surface area contributed by atoms with Gasteiger partial charge in [-0.25, -0.2) is 9.97 Å². The zero-order valence-electron chi connectivity index (χ0n) is 28.6. The zero-order chi connectivity index (χ0) is 33.2. The first-order valence-electron chi connectivity index (χ1n) is 16.3. The molecule has 6 aromatic rings. The molecule has 0 aliphatic heterocycles. The predicted octanol–water partition coefficient (Wildman–Crippen LogP) is 10.8. The summed E-state index contributed by atoms with van der Waals surface area (Å²) in [6, 6.07) is 20.0. The molecule has 6 rings (SSSR count). The van der Waals surface area contributed by atoms with E-state index in [2.05, 4.69) is 65.2 Å². The molecule has 1 radical (unpaired) electrons. The number of carbonyl (C=O) groups is 1. The number of aryl methyl sites for hydroxylation is 2. The second-order valence-corrected chi connectivity index (χ2v) is 12.8. The molecule has 0 fully saturated rings. The fourth-order valence-electron chi connectivity index (χ4n) is 5.85. The van der Waals surface area contributed by atoms with Crippen molar-refractivity contribution >= 4 is 49.5 Å². The van der Waals surface area contributed by atoms with Crippen LogP contribution in [0.4, 0.5) is 0 Å². The van der Waals surface area contributed by atoms with Crippen LogP contribution in [0.2, 0.25) is 0 Å². The van der Waals surface area contributed by atoms with Crippen LogP contribution in [0.15, 0.2) is 77.3 Å². The summed E-state index contributed by atoms with van der Waals surface area (Å²) < 4.78 is 6.17. The summed E-state index contributed by atoms with van der Waals surface area (Å²) in [5, 5.41) is 15.5. The Balaban J connectivity index is 0.000000242. The van der Waals surface area contributed by atoms with E-state index in [0.29, 0.717) is 5.71 Å². The molecule has 0 aliphatic rings. The number of allylic oxidation sites excluding steroid dienone is 2. The topological polar surface area (TPSA) is 89.1 Å². The van der Waals surface area contributed by atoms with Gasteiger partial charge in [-0.2, -0.15) is 0 Å². The Kier molecular flexibility index (Phi) is 11.0. The summed E-state index contributed by atoms with van der Waals surface area (Å²) in [5.41, 5.74) is 5.72. The minimum absolute atomic E-state index is 0. The molecule has 3 heterocycles. The van der Waals surface area contributed by atoms with Crippen molar-refractivity contribution in [2.24, 2.45) is 10.8 Å². The third kappa shape index (κ3) is 6.75. The third-order valence-corrected chi connectivity index (χ3v) is 10.1. The van der Waals surface area contributed by atoms with Crippen molar-refractivity contribution < 1.29 is 34.4 Å². The Morgan fingerprint density at radius 2 is 1.57 bits per heavy atom. The zero-order valence-corrected chi connectivity index (χ0v) is 31.0. The minimum atomic E-state index is -0.337. The molecular formula is C40H44IrN3O3-. The van der Waals surface area contributed by atoms with Gasteiger partial charge in [0.25, 0.3) is 0 Å². The van der Waals surface area contributed by atoms with Crippen LogP contribution in [0, 0.1) is 30.7 Å². The molecule has 0 unspecified atom stereocenters. The van der Waals surface area contributed by atoms with Crippen molar-refractivity contribution in [3.8, 4) is 11.3 Å².